The van der Waals surface area contributed by atoms with E-state index in [1.165, 1.54) is 0 Å². The van der Waals surface area contributed by atoms with Crippen LogP contribution < -0.4 is 5.32 Å². The average Bonchev–Trinajstić information content (AvgIpc) is 2.34. The summed E-state index contributed by atoms with van der Waals surface area (Å²) in [4.78, 5) is 11.9. The van der Waals surface area contributed by atoms with Crippen molar-refractivity contribution >= 4 is 21.8 Å². The van der Waals surface area contributed by atoms with E-state index in [0.717, 1.165) is 23.7 Å². The molecule has 18 heavy (non-hydrogen) atoms. The Morgan fingerprint density at radius 2 is 2.22 bits per heavy atom. The van der Waals surface area contributed by atoms with Gasteiger partial charge in [-0.15, -0.1) is 0 Å². The molecule has 0 fully saturated rings. The molecule has 0 saturated carbocycles. The highest BCUT2D eigenvalue weighted by Gasteiger charge is 2.12. The summed E-state index contributed by atoms with van der Waals surface area (Å²) in [5.41, 5.74) is 1.28. The van der Waals surface area contributed by atoms with E-state index >= 15 is 0 Å². The number of nitrogens with one attached hydrogen (secondary N) is 1. The van der Waals surface area contributed by atoms with E-state index in [0.29, 0.717) is 18.0 Å². The molecule has 0 aliphatic heterocycles. The Kier molecular flexibility index (Phi) is 6.19. The molecule has 0 saturated heterocycles. The lowest BCUT2D eigenvalue weighted by atomic mass is 10.0. The Morgan fingerprint density at radius 3 is 2.78 bits per heavy atom. The van der Waals surface area contributed by atoms with Crippen molar-refractivity contribution in [2.24, 2.45) is 5.92 Å². The summed E-state index contributed by atoms with van der Waals surface area (Å²) in [6.07, 6.45) is 2.07. The number of rotatable bonds is 6. The molecule has 100 valence electrons. The summed E-state index contributed by atoms with van der Waals surface area (Å²) >= 11 is 3.41. The van der Waals surface area contributed by atoms with Crippen molar-refractivity contribution in [2.75, 3.05) is 11.9 Å². The van der Waals surface area contributed by atoms with E-state index in [-0.39, 0.29) is 11.7 Å². The molecule has 0 heterocycles. The zero-order chi connectivity index (χ0) is 13.5. The lowest BCUT2D eigenvalue weighted by molar-refractivity contribution is 0.0944. The highest BCUT2D eigenvalue weighted by molar-refractivity contribution is 9.09. The number of hydrogen-bond acceptors (Lipinski definition) is 2. The van der Waals surface area contributed by atoms with Crippen LogP contribution in [-0.2, 0) is 0 Å². The van der Waals surface area contributed by atoms with Crippen LogP contribution in [0.2, 0.25) is 0 Å². The summed E-state index contributed by atoms with van der Waals surface area (Å²) in [6.45, 7) is 4.64. The minimum Gasteiger partial charge on any atom is -0.507 e. The fraction of sp³-hybridized carbons (Fsp3) is 0.500. The molecular formula is C14H20BrNO2. The van der Waals surface area contributed by atoms with Crippen LogP contribution in [-0.4, -0.2) is 22.9 Å². The Balaban J connectivity index is 2.59. The lowest BCUT2D eigenvalue weighted by Crippen LogP contribution is -2.29. The van der Waals surface area contributed by atoms with Crippen molar-refractivity contribution < 1.29 is 9.90 Å². The lowest BCUT2D eigenvalue weighted by Gasteiger charge is -2.14. The second-order valence-electron chi connectivity index (χ2n) is 4.48. The molecule has 3 nitrogen and oxygen atoms in total. The topological polar surface area (TPSA) is 49.3 Å². The number of aryl methyl sites for hydroxylation is 1. The summed E-state index contributed by atoms with van der Waals surface area (Å²) in [5.74, 6) is 0.308. The standard InChI is InChI=1S/C14H20BrNO2/c1-3-11(6-7-15)9-16-14(18)12-5-4-10(2)8-13(12)17/h4-5,8,11,17H,3,6-7,9H2,1-2H3,(H,16,18). The molecule has 1 rings (SSSR count). The van der Waals surface area contributed by atoms with Gasteiger partial charge in [0.25, 0.3) is 5.91 Å². The number of hydrogen-bond donors (Lipinski definition) is 2. The molecule has 0 bridgehead atoms. The molecule has 1 unspecified atom stereocenters. The third kappa shape index (κ3) is 4.33. The molecule has 1 aromatic carbocycles. The molecule has 0 aromatic heterocycles. The first-order valence-corrected chi connectivity index (χ1v) is 7.34. The predicted octanol–water partition coefficient (Wildman–Crippen LogP) is 3.24. The monoisotopic (exact) mass is 313 g/mol. The summed E-state index contributed by atoms with van der Waals surface area (Å²) in [7, 11) is 0. The van der Waals surface area contributed by atoms with Crippen molar-refractivity contribution in [3.8, 4) is 5.75 Å². The van der Waals surface area contributed by atoms with E-state index in [2.05, 4.69) is 28.2 Å². The van der Waals surface area contributed by atoms with Crippen molar-refractivity contribution in [3.05, 3.63) is 29.3 Å². The molecule has 1 amide bonds. The van der Waals surface area contributed by atoms with Gasteiger partial charge in [-0.25, -0.2) is 0 Å². The molecule has 0 aliphatic carbocycles. The first-order valence-electron chi connectivity index (χ1n) is 6.22. The van der Waals surface area contributed by atoms with Gasteiger partial charge in [-0.05, 0) is 37.0 Å². The van der Waals surface area contributed by atoms with Gasteiger partial charge >= 0.3 is 0 Å². The number of carbonyl (C=O) groups is 1. The van der Waals surface area contributed by atoms with Crippen molar-refractivity contribution in [3.63, 3.8) is 0 Å². The van der Waals surface area contributed by atoms with Crippen molar-refractivity contribution in [1.29, 1.82) is 0 Å². The van der Waals surface area contributed by atoms with E-state index < -0.39 is 0 Å². The number of phenolic OH excluding ortho intramolecular Hbond substituents is 1. The highest BCUT2D eigenvalue weighted by Crippen LogP contribution is 2.18. The van der Waals surface area contributed by atoms with Gasteiger partial charge in [-0.3, -0.25) is 4.79 Å². The Hall–Kier alpha value is -1.03. The van der Waals surface area contributed by atoms with Crippen LogP contribution in [0.3, 0.4) is 0 Å². The molecule has 1 aromatic rings. The van der Waals surface area contributed by atoms with Gasteiger partial charge in [0.15, 0.2) is 0 Å². The van der Waals surface area contributed by atoms with Crippen LogP contribution in [0.15, 0.2) is 18.2 Å². The number of halogens is 1. The molecular weight excluding hydrogens is 294 g/mol. The van der Waals surface area contributed by atoms with Crippen molar-refractivity contribution in [1.82, 2.24) is 5.32 Å². The molecule has 2 N–H and O–H groups in total. The highest BCUT2D eigenvalue weighted by atomic mass is 79.9. The van der Waals surface area contributed by atoms with Crippen LogP contribution in [0.1, 0.15) is 35.7 Å². The number of carbonyl (C=O) groups excluding carboxylic acids is 1. The zero-order valence-electron chi connectivity index (χ0n) is 10.9. The van der Waals surface area contributed by atoms with E-state index in [1.54, 1.807) is 12.1 Å². The Labute approximate surface area is 117 Å². The fourth-order valence-electron chi connectivity index (χ4n) is 1.77. The predicted molar refractivity (Wildman–Crippen MR) is 77.4 cm³/mol. The van der Waals surface area contributed by atoms with Gasteiger partial charge in [0.2, 0.25) is 0 Å². The van der Waals surface area contributed by atoms with Crippen LogP contribution in [0.4, 0.5) is 0 Å². The third-order valence-corrected chi connectivity index (χ3v) is 3.50. The van der Waals surface area contributed by atoms with Crippen molar-refractivity contribution in [2.45, 2.75) is 26.7 Å². The van der Waals surface area contributed by atoms with E-state index in [9.17, 15) is 9.90 Å². The number of benzene rings is 1. The summed E-state index contributed by atoms with van der Waals surface area (Å²) in [5, 5.41) is 13.5. The fourth-order valence-corrected chi connectivity index (χ4v) is 2.42. The second kappa shape index (κ2) is 7.41. The molecule has 1 atom stereocenters. The Bertz CT molecular complexity index is 407. The van der Waals surface area contributed by atoms with Gasteiger partial charge in [0.1, 0.15) is 5.75 Å². The second-order valence-corrected chi connectivity index (χ2v) is 5.28. The number of alkyl halides is 1. The maximum Gasteiger partial charge on any atom is 0.255 e. The third-order valence-electron chi connectivity index (χ3n) is 3.04. The zero-order valence-corrected chi connectivity index (χ0v) is 12.5. The number of phenols is 1. The van der Waals surface area contributed by atoms with E-state index in [1.807, 2.05) is 13.0 Å². The SMILES string of the molecule is CCC(CCBr)CNC(=O)c1ccc(C)cc1O. The largest absolute Gasteiger partial charge is 0.507 e. The normalized spacial score (nSPS) is 12.2. The van der Waals surface area contributed by atoms with Crippen LogP contribution >= 0.6 is 15.9 Å². The van der Waals surface area contributed by atoms with Gasteiger partial charge < -0.3 is 10.4 Å². The summed E-state index contributed by atoms with van der Waals surface area (Å²) in [6, 6.07) is 5.08. The number of amides is 1. The quantitative estimate of drug-likeness (QED) is 0.792. The first-order chi connectivity index (χ1) is 8.58. The summed E-state index contributed by atoms with van der Waals surface area (Å²) < 4.78 is 0. The molecule has 4 heteroatoms. The van der Waals surface area contributed by atoms with Crippen LogP contribution in [0, 0.1) is 12.8 Å². The minimum atomic E-state index is -0.208. The van der Waals surface area contributed by atoms with E-state index in [4.69, 9.17) is 0 Å². The van der Waals surface area contributed by atoms with Crippen LogP contribution in [0.25, 0.3) is 0 Å². The Morgan fingerprint density at radius 1 is 1.50 bits per heavy atom. The first kappa shape index (κ1) is 15.0. The molecule has 0 radical (unpaired) electrons. The smallest absolute Gasteiger partial charge is 0.255 e. The number of aromatic hydroxyl groups is 1. The van der Waals surface area contributed by atoms with Gasteiger partial charge in [-0.2, -0.15) is 0 Å². The average molecular weight is 314 g/mol. The molecule has 0 spiro atoms. The van der Waals surface area contributed by atoms with Crippen LogP contribution in [0.5, 0.6) is 5.75 Å². The van der Waals surface area contributed by atoms with Gasteiger partial charge in [0.05, 0.1) is 5.56 Å². The minimum absolute atomic E-state index is 0.0426. The molecule has 0 aliphatic rings. The van der Waals surface area contributed by atoms with Gasteiger partial charge in [0, 0.05) is 11.9 Å². The maximum absolute atomic E-state index is 11.9. The maximum atomic E-state index is 11.9. The van der Waals surface area contributed by atoms with Gasteiger partial charge in [-0.1, -0.05) is 35.3 Å².